The normalized spacial score (nSPS) is 11.8. The molecule has 0 unspecified atom stereocenters. The maximum atomic E-state index is 12.6. The lowest BCUT2D eigenvalue weighted by Crippen LogP contribution is -2.20. The Labute approximate surface area is 149 Å². The zero-order valence-electron chi connectivity index (χ0n) is 13.6. The van der Waals surface area contributed by atoms with Gasteiger partial charge in [0, 0.05) is 5.56 Å². The fourth-order valence-corrected chi connectivity index (χ4v) is 2.20. The highest BCUT2D eigenvalue weighted by molar-refractivity contribution is 5.94. The summed E-state index contributed by atoms with van der Waals surface area (Å²) in [7, 11) is 0. The summed E-state index contributed by atoms with van der Waals surface area (Å²) >= 11 is 0. The zero-order chi connectivity index (χ0) is 20.2. The first-order valence-corrected chi connectivity index (χ1v) is 7.42. The summed E-state index contributed by atoms with van der Waals surface area (Å²) in [5.74, 6) is -2.53. The molecule has 4 nitrogen and oxygen atoms in total. The van der Waals surface area contributed by atoms with Crippen LogP contribution in [-0.4, -0.2) is 25.3 Å². The second-order valence-electron chi connectivity index (χ2n) is 5.02. The fourth-order valence-electron chi connectivity index (χ4n) is 2.20. The first kappa shape index (κ1) is 20.4. The third kappa shape index (κ3) is 5.80. The van der Waals surface area contributed by atoms with Gasteiger partial charge in [-0.25, -0.2) is 4.79 Å². The number of alkyl halides is 6. The molecule has 0 aliphatic carbocycles. The summed E-state index contributed by atoms with van der Waals surface area (Å²) in [6.07, 6.45) is -10.0. The second-order valence-corrected chi connectivity index (χ2v) is 5.02. The summed E-state index contributed by atoms with van der Waals surface area (Å²) in [6.45, 7) is 1.32. The third-order valence-electron chi connectivity index (χ3n) is 3.12. The Bertz CT molecular complexity index is 814. The average Bonchev–Trinajstić information content (AvgIpc) is 2.53. The van der Waals surface area contributed by atoms with Crippen LogP contribution in [0.3, 0.4) is 0 Å². The van der Waals surface area contributed by atoms with Gasteiger partial charge >= 0.3 is 18.7 Å². The van der Waals surface area contributed by atoms with Crippen LogP contribution in [0.4, 0.5) is 26.3 Å². The Morgan fingerprint density at radius 3 is 2.07 bits per heavy atom. The number of hydrogen-bond donors (Lipinski definition) is 0. The van der Waals surface area contributed by atoms with E-state index in [0.29, 0.717) is 0 Å². The van der Waals surface area contributed by atoms with Gasteiger partial charge in [0.2, 0.25) is 0 Å². The van der Waals surface area contributed by atoms with Gasteiger partial charge in [0.25, 0.3) is 0 Å². The van der Waals surface area contributed by atoms with Crippen LogP contribution in [0.2, 0.25) is 0 Å². The predicted octanol–water partition coefficient (Wildman–Crippen LogP) is 5.33. The molecule has 0 aliphatic rings. The van der Waals surface area contributed by atoms with Gasteiger partial charge in [0.15, 0.2) is 0 Å². The molecule has 0 amide bonds. The minimum atomic E-state index is -5.07. The van der Waals surface area contributed by atoms with Gasteiger partial charge < -0.3 is 14.2 Å². The lowest BCUT2D eigenvalue weighted by Gasteiger charge is -2.16. The van der Waals surface area contributed by atoms with Crippen molar-refractivity contribution in [1.82, 2.24) is 0 Å². The number of para-hydroxylation sites is 1. The van der Waals surface area contributed by atoms with Gasteiger partial charge in [-0.3, -0.25) is 0 Å². The second kappa shape index (κ2) is 7.77. The van der Waals surface area contributed by atoms with Crippen LogP contribution in [0.5, 0.6) is 11.5 Å². The smallest absolute Gasteiger partial charge is 0.462 e. The molecule has 0 saturated heterocycles. The van der Waals surface area contributed by atoms with Crippen LogP contribution < -0.4 is 9.47 Å². The van der Waals surface area contributed by atoms with E-state index in [-0.39, 0.29) is 17.7 Å². The molecule has 0 radical (unpaired) electrons. The van der Waals surface area contributed by atoms with Crippen molar-refractivity contribution in [2.75, 3.05) is 6.61 Å². The molecule has 0 saturated carbocycles. The lowest BCUT2D eigenvalue weighted by atomic mass is 10.0. The number of carbonyl (C=O) groups excluding carboxylic acids is 1. The molecule has 2 aromatic carbocycles. The van der Waals surface area contributed by atoms with Gasteiger partial charge in [0.05, 0.1) is 6.61 Å². The number of esters is 1. The largest absolute Gasteiger partial charge is 0.573 e. The Kier molecular flexibility index (Phi) is 5.87. The highest BCUT2D eigenvalue weighted by Gasteiger charge is 2.34. The molecule has 2 rings (SSSR count). The summed E-state index contributed by atoms with van der Waals surface area (Å²) in [5.41, 5.74) is -0.667. The van der Waals surface area contributed by atoms with Crippen LogP contribution >= 0.6 is 0 Å². The summed E-state index contributed by atoms with van der Waals surface area (Å²) in [5, 5.41) is 0. The average molecular weight is 394 g/mol. The summed E-state index contributed by atoms with van der Waals surface area (Å²) in [6, 6.07) is 7.82. The molecular formula is C17H12F6O4. The molecule has 10 heteroatoms. The predicted molar refractivity (Wildman–Crippen MR) is 81.2 cm³/mol. The zero-order valence-corrected chi connectivity index (χ0v) is 13.6. The minimum absolute atomic E-state index is 0.00688. The van der Waals surface area contributed by atoms with Crippen LogP contribution in [0.25, 0.3) is 11.1 Å². The van der Waals surface area contributed by atoms with Crippen molar-refractivity contribution in [2.24, 2.45) is 0 Å². The van der Waals surface area contributed by atoms with Crippen LogP contribution in [0.1, 0.15) is 17.3 Å². The Balaban J connectivity index is 2.53. The van der Waals surface area contributed by atoms with Gasteiger partial charge in [-0.1, -0.05) is 24.3 Å². The Morgan fingerprint density at radius 1 is 0.889 bits per heavy atom. The fraction of sp³-hybridized carbons (Fsp3) is 0.235. The van der Waals surface area contributed by atoms with Crippen molar-refractivity contribution in [3.8, 4) is 22.6 Å². The molecule has 0 bridgehead atoms. The van der Waals surface area contributed by atoms with E-state index in [0.717, 1.165) is 24.3 Å². The van der Waals surface area contributed by atoms with Crippen LogP contribution in [0, 0.1) is 0 Å². The molecule has 0 N–H and O–H groups in total. The topological polar surface area (TPSA) is 44.8 Å². The molecule has 2 aromatic rings. The number of carbonyl (C=O) groups is 1. The van der Waals surface area contributed by atoms with Gasteiger partial charge in [0.1, 0.15) is 17.1 Å². The minimum Gasteiger partial charge on any atom is -0.462 e. The Morgan fingerprint density at radius 2 is 1.48 bits per heavy atom. The number of ether oxygens (including phenoxy) is 3. The highest BCUT2D eigenvalue weighted by Crippen LogP contribution is 2.37. The van der Waals surface area contributed by atoms with Crippen molar-refractivity contribution in [3.05, 3.63) is 48.0 Å². The molecular weight excluding hydrogens is 382 g/mol. The van der Waals surface area contributed by atoms with Crippen molar-refractivity contribution >= 4 is 5.97 Å². The van der Waals surface area contributed by atoms with E-state index in [1.807, 2.05) is 0 Å². The van der Waals surface area contributed by atoms with Crippen molar-refractivity contribution in [3.63, 3.8) is 0 Å². The Hall–Kier alpha value is -2.91. The third-order valence-corrected chi connectivity index (χ3v) is 3.12. The molecule has 0 fully saturated rings. The van der Waals surface area contributed by atoms with Crippen molar-refractivity contribution in [1.29, 1.82) is 0 Å². The quantitative estimate of drug-likeness (QED) is 0.508. The molecule has 146 valence electrons. The SMILES string of the molecule is CCOC(=O)c1cc(-c2ccccc2OC(F)(F)F)ccc1OC(F)(F)F. The van der Waals surface area contributed by atoms with Crippen molar-refractivity contribution < 1.29 is 45.3 Å². The van der Waals surface area contributed by atoms with E-state index in [9.17, 15) is 31.1 Å². The van der Waals surface area contributed by atoms with Gasteiger partial charge in [-0.2, -0.15) is 0 Å². The molecule has 0 aliphatic heterocycles. The van der Waals surface area contributed by atoms with E-state index in [1.165, 1.54) is 25.1 Å². The lowest BCUT2D eigenvalue weighted by molar-refractivity contribution is -0.275. The maximum Gasteiger partial charge on any atom is 0.573 e. The number of hydrogen-bond acceptors (Lipinski definition) is 4. The van der Waals surface area contributed by atoms with E-state index >= 15 is 0 Å². The standard InChI is InChI=1S/C17H12F6O4/c1-2-25-15(24)12-9-10(7-8-14(12)27-17(21,22)23)11-5-3-4-6-13(11)26-16(18,19)20/h3-9H,2H2,1H3. The first-order chi connectivity index (χ1) is 12.5. The molecule has 0 heterocycles. The molecule has 0 atom stereocenters. The van der Waals surface area contributed by atoms with E-state index in [4.69, 9.17) is 0 Å². The number of halogens is 6. The highest BCUT2D eigenvalue weighted by atomic mass is 19.4. The summed E-state index contributed by atoms with van der Waals surface area (Å²) in [4.78, 5) is 12.0. The monoisotopic (exact) mass is 394 g/mol. The maximum absolute atomic E-state index is 12.6. The molecule has 0 aromatic heterocycles. The van der Waals surface area contributed by atoms with Crippen LogP contribution in [-0.2, 0) is 4.74 Å². The molecule has 0 spiro atoms. The van der Waals surface area contributed by atoms with Crippen molar-refractivity contribution in [2.45, 2.75) is 19.6 Å². The van der Waals surface area contributed by atoms with E-state index < -0.39 is 35.8 Å². The van der Waals surface area contributed by atoms with Gasteiger partial charge in [-0.05, 0) is 30.7 Å². The van der Waals surface area contributed by atoms with Gasteiger partial charge in [-0.15, -0.1) is 26.3 Å². The number of rotatable bonds is 5. The van der Waals surface area contributed by atoms with E-state index in [1.54, 1.807) is 0 Å². The van der Waals surface area contributed by atoms with E-state index in [2.05, 4.69) is 14.2 Å². The van der Waals surface area contributed by atoms with Crippen LogP contribution in [0.15, 0.2) is 42.5 Å². The number of benzene rings is 2. The summed E-state index contributed by atoms with van der Waals surface area (Å²) < 4.78 is 87.6. The molecule has 27 heavy (non-hydrogen) atoms. The first-order valence-electron chi connectivity index (χ1n) is 7.42.